The predicted octanol–water partition coefficient (Wildman–Crippen LogP) is 3.72. The highest BCUT2D eigenvalue weighted by molar-refractivity contribution is 7.15. The fourth-order valence-corrected chi connectivity index (χ4v) is 3.69. The van der Waals surface area contributed by atoms with Crippen molar-refractivity contribution in [3.8, 4) is 28.1 Å². The van der Waals surface area contributed by atoms with E-state index < -0.39 is 0 Å². The van der Waals surface area contributed by atoms with Crippen LogP contribution in [0.25, 0.3) is 27.3 Å². The number of aromatic nitrogens is 5. The molecule has 0 bridgehead atoms. The molecule has 0 aliphatic rings. The van der Waals surface area contributed by atoms with E-state index in [2.05, 4.69) is 20.2 Å². The summed E-state index contributed by atoms with van der Waals surface area (Å²) >= 11 is 1.61. The Hall–Kier alpha value is -3.65. The Bertz CT molecular complexity index is 1250. The molecule has 28 heavy (non-hydrogen) atoms. The van der Waals surface area contributed by atoms with Gasteiger partial charge in [-0.1, -0.05) is 0 Å². The lowest BCUT2D eigenvalue weighted by Gasteiger charge is -2.07. The maximum atomic E-state index is 11.2. The molecule has 0 radical (unpaired) electrons. The third-order valence-corrected chi connectivity index (χ3v) is 5.21. The first-order valence-corrected chi connectivity index (χ1v) is 9.51. The van der Waals surface area contributed by atoms with Crippen molar-refractivity contribution in [3.05, 3.63) is 82.6 Å². The van der Waals surface area contributed by atoms with Crippen LogP contribution in [0.3, 0.4) is 0 Å². The fraction of sp³-hybridized carbons (Fsp3) is 0.0500. The minimum absolute atomic E-state index is 0.136. The number of benzene rings is 1. The zero-order valence-corrected chi connectivity index (χ0v) is 15.4. The van der Waals surface area contributed by atoms with Gasteiger partial charge in [-0.25, -0.2) is 4.98 Å². The number of nitrogens with zero attached hydrogens (tertiary/aromatic N) is 3. The van der Waals surface area contributed by atoms with Crippen LogP contribution in [0.4, 0.5) is 0 Å². The standard InChI is InChI=1S/C20H15N5O2S/c26-19-6-3-14(9-21-19)16-10-22-24-18(16)12-27-15-4-1-13(2-5-15)17-11-25-7-8-28-20(25)23-17/h1-11H,12H2,(H,21,26)(H,22,24). The molecule has 4 aromatic heterocycles. The van der Waals surface area contributed by atoms with Crippen LogP contribution < -0.4 is 10.3 Å². The van der Waals surface area contributed by atoms with Gasteiger partial charge in [-0.2, -0.15) is 5.10 Å². The van der Waals surface area contributed by atoms with Crippen molar-refractivity contribution in [1.82, 2.24) is 24.6 Å². The number of aromatic amines is 2. The Morgan fingerprint density at radius 1 is 1.11 bits per heavy atom. The number of ether oxygens (including phenoxy) is 1. The van der Waals surface area contributed by atoms with Gasteiger partial charge in [0.2, 0.25) is 5.56 Å². The molecule has 5 aromatic rings. The lowest BCUT2D eigenvalue weighted by atomic mass is 10.1. The first-order chi connectivity index (χ1) is 13.8. The van der Waals surface area contributed by atoms with Crippen molar-refractivity contribution < 1.29 is 4.74 Å². The predicted molar refractivity (Wildman–Crippen MR) is 107 cm³/mol. The largest absolute Gasteiger partial charge is 0.487 e. The Morgan fingerprint density at radius 3 is 2.75 bits per heavy atom. The molecule has 0 spiro atoms. The normalized spacial score (nSPS) is 11.1. The van der Waals surface area contributed by atoms with Crippen molar-refractivity contribution in [2.45, 2.75) is 6.61 Å². The summed E-state index contributed by atoms with van der Waals surface area (Å²) in [4.78, 5) is 19.5. The molecule has 0 fully saturated rings. The molecule has 7 nitrogen and oxygen atoms in total. The van der Waals surface area contributed by atoms with E-state index >= 15 is 0 Å². The molecule has 0 aliphatic carbocycles. The smallest absolute Gasteiger partial charge is 0.247 e. The summed E-state index contributed by atoms with van der Waals surface area (Å²) < 4.78 is 7.92. The van der Waals surface area contributed by atoms with Gasteiger partial charge in [0.25, 0.3) is 0 Å². The van der Waals surface area contributed by atoms with Crippen LogP contribution in [0, 0.1) is 0 Å². The highest BCUT2D eigenvalue weighted by Gasteiger charge is 2.09. The van der Waals surface area contributed by atoms with Crippen molar-refractivity contribution in [3.63, 3.8) is 0 Å². The molecule has 0 saturated carbocycles. The third-order valence-electron chi connectivity index (χ3n) is 4.44. The third kappa shape index (κ3) is 3.10. The monoisotopic (exact) mass is 389 g/mol. The number of imidazole rings is 1. The Labute approximate surface area is 163 Å². The minimum atomic E-state index is -0.136. The maximum absolute atomic E-state index is 11.2. The van der Waals surface area contributed by atoms with Gasteiger partial charge >= 0.3 is 0 Å². The number of hydrogen-bond donors (Lipinski definition) is 2. The van der Waals surface area contributed by atoms with Crippen molar-refractivity contribution in [2.75, 3.05) is 0 Å². The van der Waals surface area contributed by atoms with E-state index in [0.29, 0.717) is 6.61 Å². The van der Waals surface area contributed by atoms with Crippen molar-refractivity contribution in [1.29, 1.82) is 0 Å². The summed E-state index contributed by atoms with van der Waals surface area (Å²) in [6, 6.07) is 11.1. The van der Waals surface area contributed by atoms with Gasteiger partial charge in [0, 0.05) is 46.7 Å². The number of hydrogen-bond acceptors (Lipinski definition) is 5. The van der Waals surface area contributed by atoms with Gasteiger partial charge in [0.1, 0.15) is 12.4 Å². The second-order valence-electron chi connectivity index (χ2n) is 6.24. The van der Waals surface area contributed by atoms with Gasteiger partial charge < -0.3 is 9.72 Å². The Balaban J connectivity index is 1.31. The quantitative estimate of drug-likeness (QED) is 0.480. The molecular weight excluding hydrogens is 374 g/mol. The van der Waals surface area contributed by atoms with E-state index in [-0.39, 0.29) is 5.56 Å². The highest BCUT2D eigenvalue weighted by Crippen LogP contribution is 2.25. The number of fused-ring (bicyclic) bond motifs is 1. The summed E-state index contributed by atoms with van der Waals surface area (Å²) in [5, 5.41) is 9.07. The van der Waals surface area contributed by atoms with Crippen LogP contribution in [-0.2, 0) is 6.61 Å². The van der Waals surface area contributed by atoms with Gasteiger partial charge in [0.05, 0.1) is 17.6 Å². The van der Waals surface area contributed by atoms with Crippen LogP contribution in [0.5, 0.6) is 5.75 Å². The van der Waals surface area contributed by atoms with Crippen LogP contribution >= 0.6 is 11.3 Å². The molecule has 0 amide bonds. The van der Waals surface area contributed by atoms with Crippen LogP contribution in [0.2, 0.25) is 0 Å². The molecule has 2 N–H and O–H groups in total. The molecule has 8 heteroatoms. The molecule has 0 saturated heterocycles. The zero-order valence-electron chi connectivity index (χ0n) is 14.6. The zero-order chi connectivity index (χ0) is 18.9. The number of pyridine rings is 1. The summed E-state index contributed by atoms with van der Waals surface area (Å²) in [5.74, 6) is 0.756. The maximum Gasteiger partial charge on any atom is 0.247 e. The van der Waals surface area contributed by atoms with Crippen molar-refractivity contribution >= 4 is 16.3 Å². The molecule has 138 valence electrons. The topological polar surface area (TPSA) is 88.1 Å². The second-order valence-corrected chi connectivity index (χ2v) is 7.11. The molecule has 1 aromatic carbocycles. The highest BCUT2D eigenvalue weighted by atomic mass is 32.1. The van der Waals surface area contributed by atoms with Gasteiger partial charge in [0.15, 0.2) is 4.96 Å². The molecule has 4 heterocycles. The molecular formula is C20H15N5O2S. The number of rotatable bonds is 5. The molecule has 0 aliphatic heterocycles. The van der Waals surface area contributed by atoms with Crippen LogP contribution in [0.1, 0.15) is 5.69 Å². The van der Waals surface area contributed by atoms with Crippen LogP contribution in [-0.4, -0.2) is 24.6 Å². The molecule has 5 rings (SSSR count). The first kappa shape index (κ1) is 16.5. The van der Waals surface area contributed by atoms with Gasteiger partial charge in [-0.15, -0.1) is 11.3 Å². The first-order valence-electron chi connectivity index (χ1n) is 8.63. The van der Waals surface area contributed by atoms with E-state index in [1.54, 1.807) is 29.8 Å². The average molecular weight is 389 g/mol. The Morgan fingerprint density at radius 2 is 1.96 bits per heavy atom. The minimum Gasteiger partial charge on any atom is -0.487 e. The summed E-state index contributed by atoms with van der Waals surface area (Å²) in [5.41, 5.74) is 4.45. The fourth-order valence-electron chi connectivity index (χ4n) is 2.99. The van der Waals surface area contributed by atoms with E-state index in [4.69, 9.17) is 4.74 Å². The summed E-state index contributed by atoms with van der Waals surface area (Å²) in [6.45, 7) is 0.341. The van der Waals surface area contributed by atoms with Crippen molar-refractivity contribution in [2.24, 2.45) is 0 Å². The van der Waals surface area contributed by atoms with Gasteiger partial charge in [-0.05, 0) is 30.3 Å². The van der Waals surface area contributed by atoms with E-state index in [9.17, 15) is 4.79 Å². The molecule has 0 atom stereocenters. The molecule has 0 unspecified atom stereocenters. The van der Waals surface area contributed by atoms with E-state index in [1.807, 2.05) is 46.4 Å². The Kier molecular flexibility index (Phi) is 4.02. The van der Waals surface area contributed by atoms with E-state index in [1.165, 1.54) is 6.07 Å². The second kappa shape index (κ2) is 6.82. The number of thiazole rings is 1. The number of H-pyrrole nitrogens is 2. The number of nitrogens with one attached hydrogen (secondary N) is 2. The average Bonchev–Trinajstić information content (AvgIpc) is 3.43. The van der Waals surface area contributed by atoms with Crippen LogP contribution in [0.15, 0.2) is 71.4 Å². The SMILES string of the molecule is O=c1ccc(-c2cn[nH]c2COc2ccc(-c3cn4ccsc4n3)cc2)c[nH]1. The summed E-state index contributed by atoms with van der Waals surface area (Å²) in [7, 11) is 0. The lowest BCUT2D eigenvalue weighted by molar-refractivity contribution is 0.301. The summed E-state index contributed by atoms with van der Waals surface area (Å²) in [6.07, 6.45) is 7.40. The lowest BCUT2D eigenvalue weighted by Crippen LogP contribution is -2.02. The van der Waals surface area contributed by atoms with Gasteiger partial charge in [-0.3, -0.25) is 14.3 Å². The van der Waals surface area contributed by atoms with E-state index in [0.717, 1.165) is 38.8 Å².